The van der Waals surface area contributed by atoms with E-state index >= 15 is 0 Å². The summed E-state index contributed by atoms with van der Waals surface area (Å²) in [5.74, 6) is 1.49. The van der Waals surface area contributed by atoms with Crippen molar-refractivity contribution >= 4 is 23.8 Å². The summed E-state index contributed by atoms with van der Waals surface area (Å²) in [6, 6.07) is 3.49. The van der Waals surface area contributed by atoms with Crippen molar-refractivity contribution < 1.29 is 23.3 Å². The number of hydrogen-bond donors (Lipinski definition) is 2. The number of nitrogens with one attached hydrogen (secondary N) is 1. The standard InChI is InChI=1S/C20H27N7O5S/c1-19(2,3)31-18(29)23-20(4,5)16-22-14(32-26-16)11-33-17-25-24-15(12-7-6-10-30-12)27(17)9-8-13(21)28/h6-7,10H,8-9,11H2,1-5H3,(H2,21,28)(H,23,29). The molecule has 0 aromatic carbocycles. The zero-order valence-electron chi connectivity index (χ0n) is 19.1. The van der Waals surface area contributed by atoms with Crippen LogP contribution in [-0.4, -0.2) is 42.5 Å². The third kappa shape index (κ3) is 6.57. The molecule has 0 saturated carbocycles. The molecule has 13 heteroatoms. The molecule has 3 N–H and O–H groups in total. The first-order valence-electron chi connectivity index (χ1n) is 10.2. The molecule has 0 unspecified atom stereocenters. The Morgan fingerprint density at radius 3 is 2.64 bits per heavy atom. The lowest BCUT2D eigenvalue weighted by Crippen LogP contribution is -2.44. The first-order chi connectivity index (χ1) is 15.4. The molecule has 0 spiro atoms. The molecule has 0 radical (unpaired) electrons. The molecule has 2 amide bonds. The second-order valence-corrected chi connectivity index (χ2v) is 9.65. The molecule has 33 heavy (non-hydrogen) atoms. The monoisotopic (exact) mass is 477 g/mol. The Hall–Kier alpha value is -3.35. The van der Waals surface area contributed by atoms with Gasteiger partial charge in [0.1, 0.15) is 11.1 Å². The molecule has 3 aromatic heterocycles. The van der Waals surface area contributed by atoms with Crippen molar-refractivity contribution in [2.75, 3.05) is 0 Å². The topological polar surface area (TPSA) is 164 Å². The molecule has 3 heterocycles. The number of furan rings is 1. The number of nitrogens with zero attached hydrogens (tertiary/aromatic N) is 5. The zero-order chi connectivity index (χ0) is 24.2. The second kappa shape index (κ2) is 9.65. The Labute approximate surface area is 194 Å². The highest BCUT2D eigenvalue weighted by atomic mass is 32.2. The third-order valence-corrected chi connectivity index (χ3v) is 5.16. The molecular formula is C20H27N7O5S. The quantitative estimate of drug-likeness (QED) is 0.438. The predicted molar refractivity (Wildman–Crippen MR) is 118 cm³/mol. The van der Waals surface area contributed by atoms with Crippen LogP contribution in [0.2, 0.25) is 0 Å². The molecule has 3 rings (SSSR count). The second-order valence-electron chi connectivity index (χ2n) is 8.70. The van der Waals surface area contributed by atoms with Crippen LogP contribution in [0.3, 0.4) is 0 Å². The minimum atomic E-state index is -0.914. The summed E-state index contributed by atoms with van der Waals surface area (Å²) in [5.41, 5.74) is 3.77. The first-order valence-corrected chi connectivity index (χ1v) is 11.2. The van der Waals surface area contributed by atoms with Crippen molar-refractivity contribution in [3.63, 3.8) is 0 Å². The van der Waals surface area contributed by atoms with E-state index in [1.54, 1.807) is 51.3 Å². The maximum atomic E-state index is 12.1. The average Bonchev–Trinajstić information content (AvgIpc) is 3.42. The summed E-state index contributed by atoms with van der Waals surface area (Å²) < 4.78 is 17.8. The van der Waals surface area contributed by atoms with Gasteiger partial charge in [-0.25, -0.2) is 4.79 Å². The van der Waals surface area contributed by atoms with Crippen molar-refractivity contribution in [2.24, 2.45) is 5.73 Å². The molecular weight excluding hydrogens is 450 g/mol. The Kier molecular flexibility index (Phi) is 7.10. The van der Waals surface area contributed by atoms with Gasteiger partial charge in [0, 0.05) is 13.0 Å². The molecule has 3 aromatic rings. The number of primary amides is 1. The number of hydrogen-bond acceptors (Lipinski definition) is 10. The highest BCUT2D eigenvalue weighted by Gasteiger charge is 2.31. The first kappa shape index (κ1) is 24.3. The summed E-state index contributed by atoms with van der Waals surface area (Å²) in [5, 5.41) is 15.6. The number of ether oxygens (including phenoxy) is 1. The molecule has 0 saturated heterocycles. The van der Waals surface area contributed by atoms with Crippen molar-refractivity contribution in [2.45, 2.75) is 69.6 Å². The molecule has 0 aliphatic carbocycles. The number of alkyl carbamates (subject to hydrolysis) is 1. The molecule has 0 atom stereocenters. The molecule has 0 aliphatic heterocycles. The van der Waals surface area contributed by atoms with Crippen LogP contribution < -0.4 is 11.1 Å². The van der Waals surface area contributed by atoms with E-state index in [-0.39, 0.29) is 6.42 Å². The Morgan fingerprint density at radius 2 is 2.00 bits per heavy atom. The Balaban J connectivity index is 1.70. The van der Waals surface area contributed by atoms with Crippen LogP contribution in [0.15, 0.2) is 32.5 Å². The summed E-state index contributed by atoms with van der Waals surface area (Å²) in [4.78, 5) is 27.8. The van der Waals surface area contributed by atoms with Crippen molar-refractivity contribution in [3.8, 4) is 11.6 Å². The molecule has 12 nitrogen and oxygen atoms in total. The van der Waals surface area contributed by atoms with E-state index in [1.165, 1.54) is 18.0 Å². The lowest BCUT2D eigenvalue weighted by atomic mass is 10.1. The number of carbonyl (C=O) groups is 2. The van der Waals surface area contributed by atoms with Crippen LogP contribution in [0.4, 0.5) is 4.79 Å². The van der Waals surface area contributed by atoms with Gasteiger partial charge >= 0.3 is 6.09 Å². The summed E-state index contributed by atoms with van der Waals surface area (Å²) in [7, 11) is 0. The smallest absolute Gasteiger partial charge is 0.408 e. The van der Waals surface area contributed by atoms with Gasteiger partial charge in [-0.15, -0.1) is 10.2 Å². The average molecular weight is 478 g/mol. The van der Waals surface area contributed by atoms with Gasteiger partial charge in [0.15, 0.2) is 22.6 Å². The summed E-state index contributed by atoms with van der Waals surface area (Å²) in [6.45, 7) is 9.13. The molecule has 0 fully saturated rings. The van der Waals surface area contributed by atoms with E-state index in [9.17, 15) is 9.59 Å². The van der Waals surface area contributed by atoms with Gasteiger partial charge in [-0.2, -0.15) is 4.98 Å². The fourth-order valence-electron chi connectivity index (χ4n) is 2.72. The Bertz CT molecular complexity index is 1100. The highest BCUT2D eigenvalue weighted by molar-refractivity contribution is 7.98. The lowest BCUT2D eigenvalue weighted by Gasteiger charge is -2.26. The van der Waals surface area contributed by atoms with Crippen molar-refractivity contribution in [3.05, 3.63) is 30.1 Å². The summed E-state index contributed by atoms with van der Waals surface area (Å²) in [6.07, 6.45) is 1.07. The third-order valence-electron chi connectivity index (χ3n) is 4.21. The lowest BCUT2D eigenvalue weighted by molar-refractivity contribution is -0.118. The minimum absolute atomic E-state index is 0.120. The van der Waals surface area contributed by atoms with E-state index < -0.39 is 23.1 Å². The maximum absolute atomic E-state index is 12.1. The van der Waals surface area contributed by atoms with Crippen molar-refractivity contribution in [1.82, 2.24) is 30.2 Å². The van der Waals surface area contributed by atoms with Gasteiger partial charge in [-0.1, -0.05) is 16.9 Å². The van der Waals surface area contributed by atoms with Gasteiger partial charge < -0.3 is 24.7 Å². The normalized spacial score (nSPS) is 12.0. The SMILES string of the molecule is CC(C)(C)OC(=O)NC(C)(C)c1noc(CSc2nnc(-c3ccco3)n2CCC(N)=O)n1. The van der Waals surface area contributed by atoms with E-state index in [2.05, 4.69) is 25.7 Å². The fraction of sp³-hybridized carbons (Fsp3) is 0.500. The van der Waals surface area contributed by atoms with E-state index in [0.717, 1.165) is 0 Å². The van der Waals surface area contributed by atoms with Crippen LogP contribution in [0.1, 0.15) is 52.8 Å². The maximum Gasteiger partial charge on any atom is 0.408 e. The number of amides is 2. The largest absolute Gasteiger partial charge is 0.461 e. The van der Waals surface area contributed by atoms with Crippen LogP contribution in [0.25, 0.3) is 11.6 Å². The van der Waals surface area contributed by atoms with Crippen molar-refractivity contribution in [1.29, 1.82) is 0 Å². The number of nitrogens with two attached hydrogens (primary N) is 1. The van der Waals surface area contributed by atoms with E-state index in [4.69, 9.17) is 19.4 Å². The minimum Gasteiger partial charge on any atom is -0.461 e. The number of aromatic nitrogens is 5. The number of carbonyl (C=O) groups excluding carboxylic acids is 2. The van der Waals surface area contributed by atoms with Crippen LogP contribution in [0.5, 0.6) is 0 Å². The van der Waals surface area contributed by atoms with Gasteiger partial charge in [-0.3, -0.25) is 9.36 Å². The molecule has 178 valence electrons. The van der Waals surface area contributed by atoms with Gasteiger partial charge in [0.05, 0.1) is 12.0 Å². The highest BCUT2D eigenvalue weighted by Crippen LogP contribution is 2.27. The summed E-state index contributed by atoms with van der Waals surface area (Å²) >= 11 is 1.30. The molecule has 0 bridgehead atoms. The fourth-order valence-corrected chi connectivity index (χ4v) is 3.52. The van der Waals surface area contributed by atoms with E-state index in [1.807, 2.05) is 0 Å². The zero-order valence-corrected chi connectivity index (χ0v) is 19.9. The molecule has 0 aliphatic rings. The van der Waals surface area contributed by atoms with Gasteiger partial charge in [-0.05, 0) is 46.8 Å². The van der Waals surface area contributed by atoms with Gasteiger partial charge in [0.25, 0.3) is 0 Å². The number of thioether (sulfide) groups is 1. The van der Waals surface area contributed by atoms with Crippen LogP contribution in [-0.2, 0) is 27.4 Å². The van der Waals surface area contributed by atoms with Crippen LogP contribution in [0, 0.1) is 0 Å². The number of rotatable bonds is 9. The van der Waals surface area contributed by atoms with Gasteiger partial charge in [0.2, 0.25) is 11.8 Å². The predicted octanol–water partition coefficient (Wildman–Crippen LogP) is 2.85. The van der Waals surface area contributed by atoms with E-state index in [0.29, 0.717) is 40.8 Å². The Morgan fingerprint density at radius 1 is 1.24 bits per heavy atom. The van der Waals surface area contributed by atoms with Crippen LogP contribution >= 0.6 is 11.8 Å².